The van der Waals surface area contributed by atoms with Crippen LogP contribution in [0.4, 0.5) is 4.79 Å². The van der Waals surface area contributed by atoms with Gasteiger partial charge in [-0.2, -0.15) is 0 Å². The van der Waals surface area contributed by atoms with Crippen LogP contribution in [0.1, 0.15) is 52.5 Å². The summed E-state index contributed by atoms with van der Waals surface area (Å²) in [4.78, 5) is 38.0. The number of ether oxygens (including phenoxy) is 2. The summed E-state index contributed by atoms with van der Waals surface area (Å²) in [6, 6.07) is 9.34. The lowest BCUT2D eigenvalue weighted by molar-refractivity contribution is -0.161. The van der Waals surface area contributed by atoms with E-state index in [1.807, 2.05) is 43.3 Å². The summed E-state index contributed by atoms with van der Waals surface area (Å²) in [7, 11) is 0. The van der Waals surface area contributed by atoms with Gasteiger partial charge in [0, 0.05) is 19.5 Å². The Morgan fingerprint density at radius 2 is 1.76 bits per heavy atom. The lowest BCUT2D eigenvalue weighted by Crippen LogP contribution is -2.51. The number of amides is 1. The van der Waals surface area contributed by atoms with Crippen molar-refractivity contribution < 1.29 is 23.9 Å². The van der Waals surface area contributed by atoms with Crippen molar-refractivity contribution in [1.82, 2.24) is 4.90 Å². The van der Waals surface area contributed by atoms with E-state index in [2.05, 4.69) is 40.5 Å². The highest BCUT2D eigenvalue weighted by atomic mass is 16.6. The normalized spacial score (nSPS) is 17.3. The molecule has 188 valence electrons. The average Bonchev–Trinajstić information content (AvgIpc) is 2.85. The highest BCUT2D eigenvalue weighted by Crippen LogP contribution is 2.35. The molecule has 1 saturated heterocycles. The van der Waals surface area contributed by atoms with Crippen LogP contribution in [0.5, 0.6) is 0 Å². The number of benzene rings is 1. The zero-order chi connectivity index (χ0) is 26.0. The molecule has 6 nitrogen and oxygen atoms in total. The highest BCUT2D eigenvalue weighted by Gasteiger charge is 2.45. The molecule has 34 heavy (non-hydrogen) atoms. The van der Waals surface area contributed by atoms with E-state index in [0.29, 0.717) is 25.7 Å². The zero-order valence-corrected chi connectivity index (χ0v) is 21.3. The first-order chi connectivity index (χ1) is 16.3. The van der Waals surface area contributed by atoms with Crippen LogP contribution in [0, 0.1) is 11.3 Å². The van der Waals surface area contributed by atoms with Gasteiger partial charge < -0.3 is 19.2 Å². The molecular weight excluding hydrogens is 430 g/mol. The lowest BCUT2D eigenvalue weighted by atomic mass is 9.77. The lowest BCUT2D eigenvalue weighted by Gasteiger charge is -2.39. The van der Waals surface area contributed by atoms with Crippen molar-refractivity contribution >= 4 is 18.3 Å². The maximum atomic E-state index is 12.8. The standard InChI is InChI=1S/C22H27NO5.C4H10.C2H4/c1-3-18(4-2)15-28-21(26)23-13-8-11-22(17-23,12-14-24)20(25)27-16-19-9-6-5-7-10-19;1-4(2)3;1-2/h3-7,9-10,14H,1,8,11-13,15-17H2,2H3;4H,1-3H3;1-2H2/b18-4+;;/t22-;;/m0../s1. The van der Waals surface area contributed by atoms with E-state index in [1.165, 1.54) is 4.90 Å². The number of nitrogens with zero attached hydrogens (tertiary/aromatic N) is 1. The van der Waals surface area contributed by atoms with Crippen molar-refractivity contribution in [1.29, 1.82) is 0 Å². The zero-order valence-electron chi connectivity index (χ0n) is 21.3. The molecule has 0 N–H and O–H groups in total. The maximum absolute atomic E-state index is 12.8. The fourth-order valence-corrected chi connectivity index (χ4v) is 3.24. The molecule has 1 aromatic rings. The Morgan fingerprint density at radius 3 is 2.29 bits per heavy atom. The number of esters is 1. The summed E-state index contributed by atoms with van der Waals surface area (Å²) < 4.78 is 10.8. The third-order valence-electron chi connectivity index (χ3n) is 4.95. The van der Waals surface area contributed by atoms with Crippen LogP contribution < -0.4 is 0 Å². The molecule has 1 heterocycles. The van der Waals surface area contributed by atoms with Gasteiger partial charge in [-0.25, -0.2) is 4.79 Å². The Bertz CT molecular complexity index is 784. The van der Waals surface area contributed by atoms with Gasteiger partial charge in [-0.1, -0.05) is 69.8 Å². The minimum atomic E-state index is -1.03. The Labute approximate surface area is 205 Å². The van der Waals surface area contributed by atoms with Crippen molar-refractivity contribution in [2.45, 2.75) is 53.6 Å². The Kier molecular flexibility index (Phi) is 15.7. The van der Waals surface area contributed by atoms with Gasteiger partial charge in [-0.15, -0.1) is 13.2 Å². The fourth-order valence-electron chi connectivity index (χ4n) is 3.24. The third kappa shape index (κ3) is 11.1. The van der Waals surface area contributed by atoms with Gasteiger partial charge in [0.2, 0.25) is 0 Å². The number of hydrogen-bond acceptors (Lipinski definition) is 5. The molecule has 6 heteroatoms. The van der Waals surface area contributed by atoms with E-state index in [1.54, 1.807) is 6.08 Å². The predicted molar refractivity (Wildman–Crippen MR) is 137 cm³/mol. The fraction of sp³-hybridized carbons (Fsp3) is 0.464. The molecular formula is C28H41NO5. The summed E-state index contributed by atoms with van der Waals surface area (Å²) in [5, 5.41) is 0. The SMILES string of the molecule is C=C.C=C/C(=C\C)COC(=O)N1CCC[C@@](CC=O)(C(=O)OCc2ccccc2)C1.CC(C)C. The van der Waals surface area contributed by atoms with Crippen LogP contribution in [-0.2, 0) is 25.7 Å². The number of carbonyl (C=O) groups excluding carboxylic acids is 3. The summed E-state index contributed by atoms with van der Waals surface area (Å²) in [5.74, 6) is 0.376. The van der Waals surface area contributed by atoms with Gasteiger partial charge in [-0.05, 0) is 36.8 Å². The van der Waals surface area contributed by atoms with E-state index < -0.39 is 17.5 Å². The van der Waals surface area contributed by atoms with Crippen LogP contribution in [0.15, 0.2) is 67.8 Å². The van der Waals surface area contributed by atoms with E-state index in [-0.39, 0.29) is 26.2 Å². The van der Waals surface area contributed by atoms with Crippen molar-refractivity contribution in [3.05, 3.63) is 73.4 Å². The minimum absolute atomic E-state index is 0.0111. The number of likely N-dealkylation sites (tertiary alicyclic amines) is 1. The second-order valence-corrected chi connectivity index (χ2v) is 8.59. The molecule has 0 bridgehead atoms. The minimum Gasteiger partial charge on any atom is -0.460 e. The van der Waals surface area contributed by atoms with E-state index in [0.717, 1.165) is 17.1 Å². The number of aldehydes is 1. The molecule has 0 unspecified atom stereocenters. The Balaban J connectivity index is 0.00000164. The smallest absolute Gasteiger partial charge is 0.410 e. The molecule has 1 amide bonds. The largest absolute Gasteiger partial charge is 0.460 e. The van der Waals surface area contributed by atoms with Crippen molar-refractivity contribution in [3.63, 3.8) is 0 Å². The van der Waals surface area contributed by atoms with Gasteiger partial charge in [0.25, 0.3) is 0 Å². The molecule has 1 atom stereocenters. The average molecular weight is 472 g/mol. The monoisotopic (exact) mass is 471 g/mol. The maximum Gasteiger partial charge on any atom is 0.410 e. The molecule has 0 saturated carbocycles. The van der Waals surface area contributed by atoms with E-state index in [4.69, 9.17) is 9.47 Å². The number of piperidine rings is 1. The molecule has 2 rings (SSSR count). The second-order valence-electron chi connectivity index (χ2n) is 8.59. The summed E-state index contributed by atoms with van der Waals surface area (Å²) in [6.07, 6.45) is 4.75. The van der Waals surface area contributed by atoms with E-state index in [9.17, 15) is 14.4 Å². The summed E-state index contributed by atoms with van der Waals surface area (Å²) >= 11 is 0. The quantitative estimate of drug-likeness (QED) is 0.197. The van der Waals surface area contributed by atoms with E-state index >= 15 is 0 Å². The molecule has 1 fully saturated rings. The number of allylic oxidation sites excluding steroid dienone is 1. The van der Waals surface area contributed by atoms with Crippen LogP contribution in [0.2, 0.25) is 0 Å². The van der Waals surface area contributed by atoms with Gasteiger partial charge >= 0.3 is 12.1 Å². The molecule has 0 radical (unpaired) electrons. The van der Waals surface area contributed by atoms with Gasteiger partial charge in [0.05, 0.1) is 5.41 Å². The number of rotatable bonds is 8. The first kappa shape index (κ1) is 30.9. The van der Waals surface area contributed by atoms with Crippen molar-refractivity contribution in [3.8, 4) is 0 Å². The van der Waals surface area contributed by atoms with Crippen molar-refractivity contribution in [2.24, 2.45) is 11.3 Å². The summed E-state index contributed by atoms with van der Waals surface area (Å²) in [5.41, 5.74) is 0.634. The molecule has 1 aromatic carbocycles. The molecule has 0 aromatic heterocycles. The predicted octanol–water partition coefficient (Wildman–Crippen LogP) is 6.13. The summed E-state index contributed by atoms with van der Waals surface area (Å²) in [6.45, 7) is 18.8. The molecule has 1 aliphatic rings. The van der Waals surface area contributed by atoms with Crippen LogP contribution >= 0.6 is 0 Å². The first-order valence-electron chi connectivity index (χ1n) is 11.6. The Hall–Kier alpha value is -3.15. The first-order valence-corrected chi connectivity index (χ1v) is 11.6. The molecule has 0 spiro atoms. The highest BCUT2D eigenvalue weighted by molar-refractivity contribution is 5.81. The third-order valence-corrected chi connectivity index (χ3v) is 4.95. The van der Waals surface area contributed by atoms with Crippen LogP contribution in [0.3, 0.4) is 0 Å². The number of hydrogen-bond donors (Lipinski definition) is 0. The van der Waals surface area contributed by atoms with Gasteiger partial charge in [0.1, 0.15) is 19.5 Å². The van der Waals surface area contributed by atoms with Crippen LogP contribution in [0.25, 0.3) is 0 Å². The second kappa shape index (κ2) is 17.3. The van der Waals surface area contributed by atoms with Crippen molar-refractivity contribution in [2.75, 3.05) is 19.7 Å². The van der Waals surface area contributed by atoms with Crippen LogP contribution in [-0.4, -0.2) is 42.9 Å². The van der Waals surface area contributed by atoms with Gasteiger partial charge in [-0.3, -0.25) is 4.79 Å². The van der Waals surface area contributed by atoms with Gasteiger partial charge in [0.15, 0.2) is 0 Å². The number of carbonyl (C=O) groups is 3. The Morgan fingerprint density at radius 1 is 1.15 bits per heavy atom. The molecule has 1 aliphatic heterocycles. The topological polar surface area (TPSA) is 72.9 Å². The molecule has 0 aliphatic carbocycles.